The Morgan fingerprint density at radius 3 is 0.938 bits per heavy atom. The van der Waals surface area contributed by atoms with Crippen molar-refractivity contribution in [2.75, 3.05) is 0 Å². The summed E-state index contributed by atoms with van der Waals surface area (Å²) in [5.41, 5.74) is 11.9. The molecule has 0 bridgehead atoms. The number of hydrogen-bond donors (Lipinski definition) is 0. The first kappa shape index (κ1) is 34.9. The average Bonchev–Trinajstić information content (AvgIpc) is 4.08. The van der Waals surface area contributed by atoms with Crippen LogP contribution in [-0.2, 0) is 0 Å². The lowest BCUT2D eigenvalue weighted by Crippen LogP contribution is -2.10. The van der Waals surface area contributed by atoms with Crippen molar-refractivity contribution in [3.63, 3.8) is 0 Å². The van der Waals surface area contributed by atoms with Crippen LogP contribution in [0.25, 0.3) is 122 Å². The first-order chi connectivity index (χ1) is 31.8. The first-order valence-corrected chi connectivity index (χ1v) is 21.6. The smallest absolute Gasteiger partial charge is 0.240 e. The predicted molar refractivity (Wildman–Crippen MR) is 263 cm³/mol. The predicted octanol–water partition coefficient (Wildman–Crippen LogP) is 13.9. The molecule has 9 aromatic carbocycles. The molecule has 0 aliphatic heterocycles. The van der Waals surface area contributed by atoms with Gasteiger partial charge in [-0.25, -0.2) is 0 Å². The summed E-state index contributed by atoms with van der Waals surface area (Å²) in [5, 5.41) is 9.45. The summed E-state index contributed by atoms with van der Waals surface area (Å²) in [6.45, 7) is 0. The third-order valence-electron chi connectivity index (χ3n) is 13.0. The first-order valence-electron chi connectivity index (χ1n) is 21.6. The van der Waals surface area contributed by atoms with Gasteiger partial charge in [-0.1, -0.05) is 127 Å². The van der Waals surface area contributed by atoms with Crippen LogP contribution in [0.5, 0.6) is 0 Å². The van der Waals surface area contributed by atoms with Crippen LogP contribution >= 0.6 is 0 Å². The number of fused-ring (bicyclic) bond motifs is 12. The van der Waals surface area contributed by atoms with Gasteiger partial charge in [0.1, 0.15) is 0 Å². The van der Waals surface area contributed by atoms with Gasteiger partial charge in [0.25, 0.3) is 0 Å². The minimum absolute atomic E-state index is 0.560. The Balaban J connectivity index is 0.990. The summed E-state index contributed by atoms with van der Waals surface area (Å²) in [6, 6.07) is 75.5. The maximum absolute atomic E-state index is 5.34. The highest BCUT2D eigenvalue weighted by atomic mass is 15.3. The minimum Gasteiger partial charge on any atom is -0.309 e. The molecule has 0 saturated carbocycles. The lowest BCUT2D eigenvalue weighted by molar-refractivity contribution is 0.893. The van der Waals surface area contributed by atoms with E-state index in [-0.39, 0.29) is 0 Å². The van der Waals surface area contributed by atoms with Gasteiger partial charge < -0.3 is 9.13 Å². The summed E-state index contributed by atoms with van der Waals surface area (Å²) in [7, 11) is 0. The van der Waals surface area contributed by atoms with Crippen molar-refractivity contribution in [3.05, 3.63) is 212 Å². The van der Waals surface area contributed by atoms with Crippen molar-refractivity contribution >= 4 is 87.2 Å². The molecule has 0 radical (unpaired) electrons. The van der Waals surface area contributed by atoms with Crippen LogP contribution in [0.2, 0.25) is 0 Å². The van der Waals surface area contributed by atoms with E-state index in [1.54, 1.807) is 0 Å². The highest BCUT2D eigenvalue weighted by Crippen LogP contribution is 2.40. The Morgan fingerprint density at radius 2 is 0.547 bits per heavy atom. The maximum Gasteiger partial charge on any atom is 0.240 e. The van der Waals surface area contributed by atoms with Crippen LogP contribution in [-0.4, -0.2) is 33.2 Å². The van der Waals surface area contributed by atoms with Gasteiger partial charge in [-0.05, 0) is 84.9 Å². The number of benzene rings is 9. The van der Waals surface area contributed by atoms with Gasteiger partial charge in [-0.2, -0.15) is 15.0 Å². The van der Waals surface area contributed by atoms with Crippen molar-refractivity contribution in [3.8, 4) is 34.7 Å². The Labute approximate surface area is 366 Å². The number of aromatic nitrogens is 7. The zero-order valence-electron chi connectivity index (χ0n) is 34.3. The second-order valence-corrected chi connectivity index (χ2v) is 16.5. The number of para-hydroxylation sites is 7. The molecule has 5 heterocycles. The average molecular weight is 818 g/mol. The van der Waals surface area contributed by atoms with Gasteiger partial charge in [0.05, 0.1) is 44.1 Å². The Bertz CT molecular complexity index is 3950. The normalized spacial score (nSPS) is 12.1. The maximum atomic E-state index is 5.34. The molecule has 7 heteroatoms. The standard InChI is InChI=1S/C57H35N7/c1-2-16-37(17-3-1)61-47-24-10-8-22-43(47)45-35-54-46(34-53(45)61)44-23-9-11-25-48(44)62(54)38-32-30-36(31-33-38)55-58-56(63-49-26-12-4-18-39(49)40-19-5-13-27-50(40)63)60-57(59-55)64-51-28-14-6-20-41(51)42-21-7-15-29-52(42)64/h1-35H. The molecule has 0 aliphatic carbocycles. The van der Waals surface area contributed by atoms with E-state index in [0.29, 0.717) is 17.7 Å². The van der Waals surface area contributed by atoms with Crippen LogP contribution in [0.4, 0.5) is 0 Å². The van der Waals surface area contributed by atoms with Crippen LogP contribution in [0.1, 0.15) is 0 Å². The molecule has 7 nitrogen and oxygen atoms in total. The minimum atomic E-state index is 0.560. The Kier molecular flexibility index (Phi) is 7.27. The molecule has 0 saturated heterocycles. The molecular weight excluding hydrogens is 783 g/mol. The molecule has 14 aromatic rings. The van der Waals surface area contributed by atoms with Crippen LogP contribution in [0.15, 0.2) is 212 Å². The molecule has 0 unspecified atom stereocenters. The van der Waals surface area contributed by atoms with Crippen molar-refractivity contribution in [1.29, 1.82) is 0 Å². The van der Waals surface area contributed by atoms with E-state index in [2.05, 4.69) is 231 Å². The van der Waals surface area contributed by atoms with Crippen LogP contribution < -0.4 is 0 Å². The molecule has 5 aromatic heterocycles. The summed E-state index contributed by atoms with van der Waals surface area (Å²) >= 11 is 0. The van der Waals surface area contributed by atoms with E-state index in [1.165, 1.54) is 32.6 Å². The van der Waals surface area contributed by atoms with E-state index in [9.17, 15) is 0 Å². The number of hydrogen-bond acceptors (Lipinski definition) is 3. The van der Waals surface area contributed by atoms with Gasteiger partial charge in [0.2, 0.25) is 11.9 Å². The van der Waals surface area contributed by atoms with Gasteiger partial charge in [-0.15, -0.1) is 0 Å². The lowest BCUT2D eigenvalue weighted by Gasteiger charge is -2.13. The summed E-state index contributed by atoms with van der Waals surface area (Å²) in [6.07, 6.45) is 0. The number of nitrogens with zero attached hydrogens (tertiary/aromatic N) is 7. The van der Waals surface area contributed by atoms with Crippen molar-refractivity contribution in [1.82, 2.24) is 33.2 Å². The SMILES string of the molecule is c1ccc(-n2c3ccccc3c3cc4c(cc32)c2ccccc2n4-c2ccc(-c3nc(-n4c5ccccc5c5ccccc54)nc(-n4c5ccccc5c5ccccc54)n3)cc2)cc1. The topological polar surface area (TPSA) is 58.4 Å². The molecule has 0 N–H and O–H groups in total. The molecule has 0 aliphatic rings. The molecule has 0 fully saturated rings. The van der Waals surface area contributed by atoms with Gasteiger partial charge in [0.15, 0.2) is 5.82 Å². The lowest BCUT2D eigenvalue weighted by atomic mass is 10.1. The van der Waals surface area contributed by atoms with E-state index >= 15 is 0 Å². The van der Waals surface area contributed by atoms with E-state index < -0.39 is 0 Å². The molecule has 0 spiro atoms. The summed E-state index contributed by atoms with van der Waals surface area (Å²) < 4.78 is 9.13. The molecule has 0 amide bonds. The van der Waals surface area contributed by atoms with Gasteiger partial charge >= 0.3 is 0 Å². The molecule has 0 atom stereocenters. The quantitative estimate of drug-likeness (QED) is 0.174. The molecule has 64 heavy (non-hydrogen) atoms. The zero-order valence-corrected chi connectivity index (χ0v) is 34.3. The zero-order chi connectivity index (χ0) is 41.9. The van der Waals surface area contributed by atoms with Crippen molar-refractivity contribution < 1.29 is 0 Å². The molecular formula is C57H35N7. The van der Waals surface area contributed by atoms with E-state index in [1.807, 2.05) is 0 Å². The monoisotopic (exact) mass is 817 g/mol. The summed E-state index contributed by atoms with van der Waals surface area (Å²) in [5.74, 6) is 1.71. The second-order valence-electron chi connectivity index (χ2n) is 16.5. The highest BCUT2D eigenvalue weighted by Gasteiger charge is 2.22. The van der Waals surface area contributed by atoms with Crippen LogP contribution in [0, 0.1) is 0 Å². The highest BCUT2D eigenvalue weighted by molar-refractivity contribution is 6.19. The van der Waals surface area contributed by atoms with E-state index in [4.69, 9.17) is 15.0 Å². The van der Waals surface area contributed by atoms with Gasteiger partial charge in [0, 0.05) is 60.0 Å². The fraction of sp³-hybridized carbons (Fsp3) is 0. The van der Waals surface area contributed by atoms with Gasteiger partial charge in [-0.3, -0.25) is 9.13 Å². The third kappa shape index (κ3) is 4.94. The fourth-order valence-corrected chi connectivity index (χ4v) is 10.3. The largest absolute Gasteiger partial charge is 0.309 e. The number of rotatable bonds is 5. The van der Waals surface area contributed by atoms with Crippen molar-refractivity contribution in [2.24, 2.45) is 0 Å². The Hall–Kier alpha value is -8.81. The molecule has 298 valence electrons. The third-order valence-corrected chi connectivity index (χ3v) is 13.0. The van der Waals surface area contributed by atoms with E-state index in [0.717, 1.165) is 71.6 Å². The summed E-state index contributed by atoms with van der Waals surface area (Å²) in [4.78, 5) is 16.0. The van der Waals surface area contributed by atoms with Crippen LogP contribution in [0.3, 0.4) is 0 Å². The fourth-order valence-electron chi connectivity index (χ4n) is 10.3. The molecule has 14 rings (SSSR count). The second kappa shape index (κ2) is 13.3. The Morgan fingerprint density at radius 1 is 0.234 bits per heavy atom. The van der Waals surface area contributed by atoms with Crippen molar-refractivity contribution in [2.45, 2.75) is 0 Å².